The number of anilines is 1. The predicted molar refractivity (Wildman–Crippen MR) is 87.5 cm³/mol. The van der Waals surface area contributed by atoms with E-state index in [1.807, 2.05) is 12.1 Å². The number of nitriles is 1. The van der Waals surface area contributed by atoms with Crippen molar-refractivity contribution in [3.63, 3.8) is 0 Å². The first-order valence-corrected chi connectivity index (χ1v) is 7.85. The topological polar surface area (TPSA) is 95.1 Å². The number of hydrogen-bond donors (Lipinski definition) is 1. The van der Waals surface area contributed by atoms with Crippen LogP contribution in [0.2, 0.25) is 5.02 Å². The summed E-state index contributed by atoms with van der Waals surface area (Å²) in [6.07, 6.45) is 0.631. The maximum Gasteiger partial charge on any atom is 0.254 e. The Bertz CT molecular complexity index is 828. The number of carbonyl (C=O) groups excluding carboxylic acids is 1. The van der Waals surface area contributed by atoms with Gasteiger partial charge in [-0.15, -0.1) is 0 Å². The van der Waals surface area contributed by atoms with Gasteiger partial charge in [-0.25, -0.2) is 0 Å². The first-order valence-electron chi connectivity index (χ1n) is 7.48. The van der Waals surface area contributed by atoms with Crippen molar-refractivity contribution in [2.75, 3.05) is 18.0 Å². The van der Waals surface area contributed by atoms with Gasteiger partial charge in [-0.05, 0) is 31.5 Å². The number of benzene rings is 1. The third kappa shape index (κ3) is 2.93. The second kappa shape index (κ2) is 6.13. The number of aromatic nitrogens is 2. The number of nitrogens with one attached hydrogen (secondary N) is 1. The monoisotopic (exact) mass is 345 g/mol. The summed E-state index contributed by atoms with van der Waals surface area (Å²) in [7, 11) is 0. The van der Waals surface area contributed by atoms with Crippen LogP contribution in [0.15, 0.2) is 22.7 Å². The second-order valence-corrected chi connectivity index (χ2v) is 6.26. The Morgan fingerprint density at radius 1 is 1.54 bits per heavy atom. The number of rotatable bonds is 3. The molecule has 0 spiro atoms. The van der Waals surface area contributed by atoms with Gasteiger partial charge in [0, 0.05) is 19.2 Å². The van der Waals surface area contributed by atoms with Crippen molar-refractivity contribution >= 4 is 23.2 Å². The van der Waals surface area contributed by atoms with Gasteiger partial charge >= 0.3 is 0 Å². The number of hydrogen-bond acceptors (Lipinski definition) is 6. The molecule has 7 nitrogen and oxygen atoms in total. The van der Waals surface area contributed by atoms with Gasteiger partial charge in [-0.2, -0.15) is 10.2 Å². The second-order valence-electron chi connectivity index (χ2n) is 5.86. The van der Waals surface area contributed by atoms with Gasteiger partial charge in [0.2, 0.25) is 5.91 Å². The molecule has 1 aromatic carbocycles. The van der Waals surface area contributed by atoms with Gasteiger partial charge in [0.15, 0.2) is 5.82 Å². The fourth-order valence-corrected chi connectivity index (χ4v) is 3.20. The molecule has 8 heteroatoms. The zero-order valence-corrected chi connectivity index (χ0v) is 14.1. The van der Waals surface area contributed by atoms with E-state index in [1.54, 1.807) is 19.1 Å². The third-order valence-electron chi connectivity index (χ3n) is 4.06. The number of nitrogens with zero attached hydrogens (tertiary/aromatic N) is 4. The van der Waals surface area contributed by atoms with E-state index in [0.717, 1.165) is 5.69 Å². The molecule has 2 aromatic rings. The molecule has 0 aliphatic carbocycles. The SMILES string of the molecule is CC(=O)NC1(c2nc(C)no2)CCN(c2ccc(C#N)c(Cl)c2)C1. The van der Waals surface area contributed by atoms with E-state index >= 15 is 0 Å². The van der Waals surface area contributed by atoms with E-state index in [4.69, 9.17) is 21.4 Å². The summed E-state index contributed by atoms with van der Waals surface area (Å²) in [6, 6.07) is 7.32. The molecular weight excluding hydrogens is 330 g/mol. The molecule has 1 fully saturated rings. The van der Waals surface area contributed by atoms with Crippen LogP contribution in [0, 0.1) is 18.3 Å². The van der Waals surface area contributed by atoms with Crippen molar-refractivity contribution in [2.24, 2.45) is 0 Å². The van der Waals surface area contributed by atoms with Gasteiger partial charge < -0.3 is 14.7 Å². The molecule has 3 rings (SSSR count). The molecule has 1 atom stereocenters. The molecule has 1 amide bonds. The largest absolute Gasteiger partial charge is 0.368 e. The van der Waals surface area contributed by atoms with Gasteiger partial charge in [0.1, 0.15) is 11.6 Å². The summed E-state index contributed by atoms with van der Waals surface area (Å²) in [5.41, 5.74) is 0.579. The fourth-order valence-electron chi connectivity index (χ4n) is 2.98. The number of carbonyl (C=O) groups is 1. The summed E-state index contributed by atoms with van der Waals surface area (Å²) < 4.78 is 5.33. The van der Waals surface area contributed by atoms with Crippen LogP contribution in [0.5, 0.6) is 0 Å². The molecule has 24 heavy (non-hydrogen) atoms. The highest BCUT2D eigenvalue weighted by Crippen LogP contribution is 2.35. The quantitative estimate of drug-likeness (QED) is 0.915. The molecule has 0 bridgehead atoms. The molecule has 1 aliphatic heterocycles. The Kier molecular flexibility index (Phi) is 4.16. The van der Waals surface area contributed by atoms with Crippen LogP contribution >= 0.6 is 11.6 Å². The van der Waals surface area contributed by atoms with Crippen molar-refractivity contribution in [1.82, 2.24) is 15.5 Å². The Hall–Kier alpha value is -2.59. The Morgan fingerprint density at radius 3 is 2.92 bits per heavy atom. The zero-order valence-electron chi connectivity index (χ0n) is 13.3. The van der Waals surface area contributed by atoms with E-state index in [0.29, 0.717) is 41.8 Å². The molecule has 0 radical (unpaired) electrons. The average Bonchev–Trinajstić information content (AvgIpc) is 3.14. The average molecular weight is 346 g/mol. The van der Waals surface area contributed by atoms with Gasteiger partial charge in [-0.3, -0.25) is 4.79 Å². The van der Waals surface area contributed by atoms with E-state index in [2.05, 4.69) is 20.4 Å². The molecule has 1 unspecified atom stereocenters. The summed E-state index contributed by atoms with van der Waals surface area (Å²) in [6.45, 7) is 4.37. The van der Waals surface area contributed by atoms with Gasteiger partial charge in [0.25, 0.3) is 5.89 Å². The first kappa shape index (κ1) is 16.3. The van der Waals surface area contributed by atoms with Crippen molar-refractivity contribution in [1.29, 1.82) is 5.26 Å². The Balaban J connectivity index is 1.91. The Labute approximate surface area is 144 Å². The summed E-state index contributed by atoms with van der Waals surface area (Å²) in [4.78, 5) is 18.1. The highest BCUT2D eigenvalue weighted by Gasteiger charge is 2.45. The minimum atomic E-state index is -0.729. The highest BCUT2D eigenvalue weighted by atomic mass is 35.5. The Morgan fingerprint density at radius 2 is 2.33 bits per heavy atom. The van der Waals surface area contributed by atoms with Crippen molar-refractivity contribution in [3.05, 3.63) is 40.5 Å². The molecule has 1 saturated heterocycles. The van der Waals surface area contributed by atoms with E-state index in [9.17, 15) is 4.79 Å². The van der Waals surface area contributed by atoms with Crippen LogP contribution in [0.4, 0.5) is 5.69 Å². The van der Waals surface area contributed by atoms with Crippen molar-refractivity contribution in [3.8, 4) is 6.07 Å². The van der Waals surface area contributed by atoms with E-state index < -0.39 is 5.54 Å². The van der Waals surface area contributed by atoms with Gasteiger partial charge in [0.05, 0.1) is 17.1 Å². The highest BCUT2D eigenvalue weighted by molar-refractivity contribution is 6.32. The molecule has 124 valence electrons. The van der Waals surface area contributed by atoms with Crippen molar-refractivity contribution < 1.29 is 9.32 Å². The van der Waals surface area contributed by atoms with Gasteiger partial charge in [-0.1, -0.05) is 16.8 Å². The normalized spacial score (nSPS) is 20.0. The van der Waals surface area contributed by atoms with Crippen LogP contribution in [-0.4, -0.2) is 29.1 Å². The summed E-state index contributed by atoms with van der Waals surface area (Å²) in [5.74, 6) is 0.762. The lowest BCUT2D eigenvalue weighted by Gasteiger charge is -2.27. The predicted octanol–water partition coefficient (Wildman–Crippen LogP) is 2.14. The number of aryl methyl sites for hydroxylation is 1. The summed E-state index contributed by atoms with van der Waals surface area (Å²) in [5, 5.41) is 16.2. The minimum Gasteiger partial charge on any atom is -0.368 e. The number of amides is 1. The molecule has 0 saturated carbocycles. The standard InChI is InChI=1S/C16H16ClN5O2/c1-10-19-15(24-21-10)16(20-11(2)23)5-6-22(9-16)13-4-3-12(8-18)14(17)7-13/h3-4,7H,5-6,9H2,1-2H3,(H,20,23). The van der Waals surface area contributed by atoms with Crippen LogP contribution < -0.4 is 10.2 Å². The maximum atomic E-state index is 11.7. The maximum absolute atomic E-state index is 11.7. The number of halogens is 1. The molecule has 2 heterocycles. The minimum absolute atomic E-state index is 0.162. The van der Waals surface area contributed by atoms with Crippen LogP contribution in [0.1, 0.15) is 30.6 Å². The first-order chi connectivity index (χ1) is 11.4. The fraction of sp³-hybridized carbons (Fsp3) is 0.375. The third-order valence-corrected chi connectivity index (χ3v) is 4.37. The van der Waals surface area contributed by atoms with Crippen LogP contribution in [0.25, 0.3) is 0 Å². The lowest BCUT2D eigenvalue weighted by molar-refractivity contribution is -0.121. The van der Waals surface area contributed by atoms with Crippen LogP contribution in [0.3, 0.4) is 0 Å². The molecule has 1 aromatic heterocycles. The smallest absolute Gasteiger partial charge is 0.254 e. The van der Waals surface area contributed by atoms with Crippen molar-refractivity contribution in [2.45, 2.75) is 25.8 Å². The lowest BCUT2D eigenvalue weighted by atomic mass is 9.98. The zero-order chi connectivity index (χ0) is 17.3. The molecule has 1 N–H and O–H groups in total. The summed E-state index contributed by atoms with van der Waals surface area (Å²) >= 11 is 6.12. The van der Waals surface area contributed by atoms with E-state index in [1.165, 1.54) is 6.92 Å². The van der Waals surface area contributed by atoms with Crippen LogP contribution in [-0.2, 0) is 10.3 Å². The van der Waals surface area contributed by atoms with E-state index in [-0.39, 0.29) is 5.91 Å². The molecular formula is C16H16ClN5O2. The molecule has 1 aliphatic rings. The lowest BCUT2D eigenvalue weighted by Crippen LogP contribution is -2.47.